The topological polar surface area (TPSA) is 53.4 Å². The van der Waals surface area contributed by atoms with Crippen LogP contribution in [0.25, 0.3) is 0 Å². The summed E-state index contributed by atoms with van der Waals surface area (Å²) in [5, 5.41) is 10.7. The molecule has 0 saturated heterocycles. The summed E-state index contributed by atoms with van der Waals surface area (Å²) >= 11 is 1.20. The van der Waals surface area contributed by atoms with Crippen LogP contribution in [0.3, 0.4) is 0 Å². The van der Waals surface area contributed by atoms with Gasteiger partial charge in [-0.15, -0.1) is 11.3 Å². The van der Waals surface area contributed by atoms with E-state index in [0.717, 1.165) is 0 Å². The maximum atomic E-state index is 13.0. The number of aromatic carboxylic acids is 1. The van der Waals surface area contributed by atoms with Gasteiger partial charge in [-0.2, -0.15) is 0 Å². The predicted molar refractivity (Wildman–Crippen MR) is 63.5 cm³/mol. The lowest BCUT2D eigenvalue weighted by Crippen LogP contribution is -2.09. The second-order valence-electron chi connectivity index (χ2n) is 3.36. The SMILES string of the molecule is CN(c1cccc(F)c1)c1nc(C(=O)O)cs1. The van der Waals surface area contributed by atoms with Crippen LogP contribution >= 0.6 is 11.3 Å². The van der Waals surface area contributed by atoms with Crippen LogP contribution in [-0.4, -0.2) is 23.1 Å². The fraction of sp³-hybridized carbons (Fsp3) is 0.0909. The Balaban J connectivity index is 2.30. The zero-order chi connectivity index (χ0) is 12.4. The molecule has 1 aromatic heterocycles. The summed E-state index contributed by atoms with van der Waals surface area (Å²) in [6, 6.07) is 6.03. The van der Waals surface area contributed by atoms with Crippen molar-refractivity contribution in [3.8, 4) is 0 Å². The number of aromatic nitrogens is 1. The Bertz CT molecular complexity index is 556. The van der Waals surface area contributed by atoms with E-state index in [0.29, 0.717) is 10.8 Å². The Morgan fingerprint density at radius 3 is 2.88 bits per heavy atom. The maximum absolute atomic E-state index is 13.0. The third kappa shape index (κ3) is 2.42. The fourth-order valence-electron chi connectivity index (χ4n) is 1.31. The molecular formula is C11H9FN2O2S. The van der Waals surface area contributed by atoms with Crippen LogP contribution in [0.2, 0.25) is 0 Å². The molecule has 0 aliphatic heterocycles. The number of hydrogen-bond acceptors (Lipinski definition) is 4. The molecule has 17 heavy (non-hydrogen) atoms. The lowest BCUT2D eigenvalue weighted by Gasteiger charge is -2.15. The average molecular weight is 252 g/mol. The molecule has 0 fully saturated rings. The Morgan fingerprint density at radius 1 is 1.53 bits per heavy atom. The first-order valence-electron chi connectivity index (χ1n) is 4.76. The molecular weight excluding hydrogens is 243 g/mol. The van der Waals surface area contributed by atoms with Crippen molar-refractivity contribution in [1.29, 1.82) is 0 Å². The van der Waals surface area contributed by atoms with Crippen LogP contribution in [0, 0.1) is 5.82 Å². The van der Waals surface area contributed by atoms with Crippen molar-refractivity contribution in [1.82, 2.24) is 4.98 Å². The molecule has 0 spiro atoms. The fourth-order valence-corrected chi connectivity index (χ4v) is 2.10. The van der Waals surface area contributed by atoms with Gasteiger partial charge in [-0.25, -0.2) is 14.2 Å². The van der Waals surface area contributed by atoms with E-state index in [2.05, 4.69) is 4.98 Å². The Morgan fingerprint density at radius 2 is 2.29 bits per heavy atom. The zero-order valence-corrected chi connectivity index (χ0v) is 9.74. The molecule has 0 radical (unpaired) electrons. The van der Waals surface area contributed by atoms with Crippen molar-refractivity contribution >= 4 is 28.1 Å². The van der Waals surface area contributed by atoms with E-state index in [4.69, 9.17) is 5.11 Å². The van der Waals surface area contributed by atoms with E-state index in [9.17, 15) is 9.18 Å². The van der Waals surface area contributed by atoms with Gasteiger partial charge in [0.05, 0.1) is 0 Å². The van der Waals surface area contributed by atoms with Crippen LogP contribution in [0.4, 0.5) is 15.2 Å². The molecule has 0 saturated carbocycles. The largest absolute Gasteiger partial charge is 0.476 e. The number of carbonyl (C=O) groups is 1. The second kappa shape index (κ2) is 4.50. The van der Waals surface area contributed by atoms with Crippen molar-refractivity contribution < 1.29 is 14.3 Å². The summed E-state index contributed by atoms with van der Waals surface area (Å²) in [6.45, 7) is 0. The van der Waals surface area contributed by atoms with E-state index in [1.807, 2.05) is 0 Å². The standard InChI is InChI=1S/C11H9FN2O2S/c1-14(8-4-2-3-7(12)5-8)11-13-9(6-17-11)10(15)16/h2-6H,1H3,(H,15,16). The number of benzene rings is 1. The van der Waals surface area contributed by atoms with Gasteiger partial charge in [-0.3, -0.25) is 0 Å². The molecule has 0 aliphatic rings. The Labute approximate surface area is 101 Å². The minimum Gasteiger partial charge on any atom is -0.476 e. The van der Waals surface area contributed by atoms with Crippen LogP contribution in [0.5, 0.6) is 0 Å². The third-order valence-corrected chi connectivity index (χ3v) is 3.11. The predicted octanol–water partition coefficient (Wildman–Crippen LogP) is 2.75. The highest BCUT2D eigenvalue weighted by atomic mass is 32.1. The van der Waals surface area contributed by atoms with Gasteiger partial charge < -0.3 is 10.0 Å². The Hall–Kier alpha value is -1.95. The van der Waals surface area contributed by atoms with Crippen LogP contribution in [0.15, 0.2) is 29.6 Å². The molecule has 1 aromatic carbocycles. The van der Waals surface area contributed by atoms with Crippen molar-refractivity contribution in [2.24, 2.45) is 0 Å². The molecule has 2 rings (SSSR count). The summed E-state index contributed by atoms with van der Waals surface area (Å²) in [5.41, 5.74) is 0.615. The van der Waals surface area contributed by atoms with Crippen LogP contribution in [0.1, 0.15) is 10.5 Å². The number of carboxylic acid groups (broad SMARTS) is 1. The summed E-state index contributed by atoms with van der Waals surface area (Å²) in [5.74, 6) is -1.41. The zero-order valence-electron chi connectivity index (χ0n) is 8.92. The number of carboxylic acids is 1. The van der Waals surface area contributed by atoms with Gasteiger partial charge in [0.15, 0.2) is 10.8 Å². The molecule has 0 bridgehead atoms. The number of hydrogen-bond donors (Lipinski definition) is 1. The van der Waals surface area contributed by atoms with Crippen molar-refractivity contribution in [2.45, 2.75) is 0 Å². The summed E-state index contributed by atoms with van der Waals surface area (Å²) < 4.78 is 13.0. The van der Waals surface area contributed by atoms with E-state index >= 15 is 0 Å². The summed E-state index contributed by atoms with van der Waals surface area (Å²) in [4.78, 5) is 16.3. The van der Waals surface area contributed by atoms with Gasteiger partial charge in [0.25, 0.3) is 0 Å². The van der Waals surface area contributed by atoms with Gasteiger partial charge >= 0.3 is 5.97 Å². The van der Waals surface area contributed by atoms with Gasteiger partial charge in [0.1, 0.15) is 5.82 Å². The normalized spacial score (nSPS) is 10.2. The quantitative estimate of drug-likeness (QED) is 0.912. The molecule has 0 aliphatic carbocycles. The first-order valence-corrected chi connectivity index (χ1v) is 5.64. The minimum absolute atomic E-state index is 0.00625. The molecule has 1 heterocycles. The lowest BCUT2D eigenvalue weighted by atomic mass is 10.3. The van der Waals surface area contributed by atoms with E-state index in [1.165, 1.54) is 28.8 Å². The summed E-state index contributed by atoms with van der Waals surface area (Å²) in [6.07, 6.45) is 0. The summed E-state index contributed by atoms with van der Waals surface area (Å²) in [7, 11) is 1.71. The molecule has 2 aromatic rings. The maximum Gasteiger partial charge on any atom is 0.355 e. The van der Waals surface area contributed by atoms with Crippen LogP contribution in [-0.2, 0) is 0 Å². The highest BCUT2D eigenvalue weighted by Crippen LogP contribution is 2.27. The number of anilines is 2. The number of thiazole rings is 1. The van der Waals surface area contributed by atoms with Gasteiger partial charge in [-0.05, 0) is 18.2 Å². The monoisotopic (exact) mass is 252 g/mol. The lowest BCUT2D eigenvalue weighted by molar-refractivity contribution is 0.0691. The third-order valence-electron chi connectivity index (χ3n) is 2.19. The number of halogens is 1. The van der Waals surface area contributed by atoms with Crippen LogP contribution < -0.4 is 4.90 Å². The first-order chi connectivity index (χ1) is 8.08. The highest BCUT2D eigenvalue weighted by Gasteiger charge is 2.13. The molecule has 4 nitrogen and oxygen atoms in total. The second-order valence-corrected chi connectivity index (χ2v) is 4.20. The van der Waals surface area contributed by atoms with E-state index < -0.39 is 5.97 Å². The van der Waals surface area contributed by atoms with Gasteiger partial charge in [0, 0.05) is 18.1 Å². The number of nitrogens with zero attached hydrogens (tertiary/aromatic N) is 2. The molecule has 88 valence electrons. The van der Waals surface area contributed by atoms with Crippen molar-refractivity contribution in [2.75, 3.05) is 11.9 Å². The van der Waals surface area contributed by atoms with Crippen molar-refractivity contribution in [3.63, 3.8) is 0 Å². The van der Waals surface area contributed by atoms with E-state index in [-0.39, 0.29) is 11.5 Å². The molecule has 0 amide bonds. The van der Waals surface area contributed by atoms with Crippen molar-refractivity contribution in [3.05, 3.63) is 41.2 Å². The number of rotatable bonds is 3. The molecule has 1 N–H and O–H groups in total. The highest BCUT2D eigenvalue weighted by molar-refractivity contribution is 7.14. The minimum atomic E-state index is -1.07. The first kappa shape index (κ1) is 11.5. The van der Waals surface area contributed by atoms with E-state index in [1.54, 1.807) is 24.1 Å². The average Bonchev–Trinajstić information content (AvgIpc) is 2.77. The molecule has 0 atom stereocenters. The van der Waals surface area contributed by atoms with Gasteiger partial charge in [0.2, 0.25) is 0 Å². The smallest absolute Gasteiger partial charge is 0.355 e. The Kier molecular flexibility index (Phi) is 3.06. The van der Waals surface area contributed by atoms with Gasteiger partial charge in [-0.1, -0.05) is 6.07 Å². The molecule has 0 unspecified atom stereocenters. The molecule has 6 heteroatoms.